The van der Waals surface area contributed by atoms with Crippen LogP contribution in [0, 0.1) is 5.92 Å². The molecule has 108 valence electrons. The van der Waals surface area contributed by atoms with Crippen LogP contribution in [0.2, 0.25) is 0 Å². The quantitative estimate of drug-likeness (QED) is 0.775. The molecule has 0 aliphatic rings. The van der Waals surface area contributed by atoms with Crippen molar-refractivity contribution in [1.82, 2.24) is 15.3 Å². The summed E-state index contributed by atoms with van der Waals surface area (Å²) in [7, 11) is 0. The van der Waals surface area contributed by atoms with Crippen molar-refractivity contribution in [2.75, 3.05) is 6.54 Å². The molecule has 3 aromatic rings. The average molecular weight is 281 g/mol. The first-order valence-corrected chi connectivity index (χ1v) is 7.22. The molecule has 1 aromatic carbocycles. The molecule has 0 saturated heterocycles. The van der Waals surface area contributed by atoms with E-state index >= 15 is 0 Å². The van der Waals surface area contributed by atoms with Crippen molar-refractivity contribution in [2.45, 2.75) is 20.4 Å². The van der Waals surface area contributed by atoms with Crippen molar-refractivity contribution in [2.24, 2.45) is 5.92 Å². The van der Waals surface area contributed by atoms with Gasteiger partial charge in [0.05, 0.1) is 5.56 Å². The van der Waals surface area contributed by atoms with Gasteiger partial charge in [0, 0.05) is 29.9 Å². The molecule has 3 rings (SSSR count). The van der Waals surface area contributed by atoms with E-state index in [2.05, 4.69) is 29.1 Å². The first-order chi connectivity index (χ1) is 10.2. The fourth-order valence-corrected chi connectivity index (χ4v) is 2.24. The fraction of sp³-hybridized carbons (Fsp3) is 0.294. The van der Waals surface area contributed by atoms with Gasteiger partial charge in [-0.15, -0.1) is 0 Å². The van der Waals surface area contributed by atoms with Crippen LogP contribution in [-0.2, 0) is 6.54 Å². The Morgan fingerprint density at radius 1 is 1.14 bits per heavy atom. The lowest BCUT2D eigenvalue weighted by Gasteiger charge is -2.07. The minimum absolute atomic E-state index is 0.641. The number of benzene rings is 1. The number of para-hydroxylation sites is 1. The molecule has 0 aliphatic heterocycles. The van der Waals surface area contributed by atoms with Crippen LogP contribution in [-0.4, -0.2) is 16.5 Å². The van der Waals surface area contributed by atoms with Crippen LogP contribution in [0.4, 0.5) is 0 Å². The lowest BCUT2D eigenvalue weighted by molar-refractivity contribution is 0.551. The highest BCUT2D eigenvalue weighted by Crippen LogP contribution is 2.27. The van der Waals surface area contributed by atoms with Crippen LogP contribution in [0.3, 0.4) is 0 Å². The Morgan fingerprint density at radius 3 is 2.67 bits per heavy atom. The normalized spacial score (nSPS) is 11.4. The van der Waals surface area contributed by atoms with E-state index in [4.69, 9.17) is 4.42 Å². The van der Waals surface area contributed by atoms with Crippen molar-refractivity contribution in [3.05, 3.63) is 48.5 Å². The van der Waals surface area contributed by atoms with Crippen LogP contribution in [0.5, 0.6) is 0 Å². The molecule has 0 aliphatic carbocycles. The molecule has 2 heterocycles. The van der Waals surface area contributed by atoms with Crippen molar-refractivity contribution >= 4 is 11.0 Å². The molecule has 0 amide bonds. The molecule has 0 spiro atoms. The Morgan fingerprint density at radius 2 is 1.90 bits per heavy atom. The van der Waals surface area contributed by atoms with E-state index in [-0.39, 0.29) is 0 Å². The minimum Gasteiger partial charge on any atom is -0.464 e. The number of aromatic nitrogens is 2. The number of nitrogens with one attached hydrogen (secondary N) is 1. The van der Waals surface area contributed by atoms with Crippen LogP contribution >= 0.6 is 0 Å². The predicted molar refractivity (Wildman–Crippen MR) is 83.8 cm³/mol. The molecule has 0 bridgehead atoms. The second-order valence-electron chi connectivity index (χ2n) is 5.59. The van der Waals surface area contributed by atoms with Crippen LogP contribution < -0.4 is 5.32 Å². The molecular weight excluding hydrogens is 262 g/mol. The zero-order valence-corrected chi connectivity index (χ0v) is 12.3. The lowest BCUT2D eigenvalue weighted by Crippen LogP contribution is -2.19. The first kappa shape index (κ1) is 13.8. The summed E-state index contributed by atoms with van der Waals surface area (Å²) in [5.74, 6) is 1.34. The summed E-state index contributed by atoms with van der Waals surface area (Å²) in [6.45, 7) is 6.17. The summed E-state index contributed by atoms with van der Waals surface area (Å²) < 4.78 is 5.53. The molecule has 0 atom stereocenters. The molecule has 21 heavy (non-hydrogen) atoms. The minimum atomic E-state index is 0.641. The maximum atomic E-state index is 5.53. The highest BCUT2D eigenvalue weighted by atomic mass is 16.3. The maximum absolute atomic E-state index is 5.53. The van der Waals surface area contributed by atoms with Gasteiger partial charge < -0.3 is 9.73 Å². The molecule has 0 saturated carbocycles. The van der Waals surface area contributed by atoms with Gasteiger partial charge in [0.15, 0.2) is 5.82 Å². The highest BCUT2D eigenvalue weighted by Gasteiger charge is 2.09. The van der Waals surface area contributed by atoms with Crippen molar-refractivity contribution in [1.29, 1.82) is 0 Å². The van der Waals surface area contributed by atoms with E-state index in [9.17, 15) is 0 Å². The van der Waals surface area contributed by atoms with Crippen molar-refractivity contribution in [3.63, 3.8) is 0 Å². The van der Waals surface area contributed by atoms with E-state index in [1.165, 1.54) is 0 Å². The topological polar surface area (TPSA) is 51.0 Å². The molecule has 0 unspecified atom stereocenters. The summed E-state index contributed by atoms with van der Waals surface area (Å²) in [5, 5.41) is 4.43. The van der Waals surface area contributed by atoms with Gasteiger partial charge in [0.1, 0.15) is 11.8 Å². The summed E-state index contributed by atoms with van der Waals surface area (Å²) >= 11 is 0. The fourth-order valence-electron chi connectivity index (χ4n) is 2.24. The summed E-state index contributed by atoms with van der Waals surface area (Å²) in [6.07, 6.45) is 5.46. The standard InChI is InChI=1S/C17H19N3O/c1-12(2)7-18-8-13-9-19-17(20-10-13)15-11-21-16-6-4-3-5-14(15)16/h3-6,9-12,18H,7-8H2,1-2H3. The maximum Gasteiger partial charge on any atom is 0.163 e. The van der Waals surface area contributed by atoms with Crippen LogP contribution in [0.15, 0.2) is 47.3 Å². The predicted octanol–water partition coefficient (Wildman–Crippen LogP) is 3.64. The van der Waals surface area contributed by atoms with E-state index in [0.717, 1.165) is 35.2 Å². The molecule has 4 nitrogen and oxygen atoms in total. The monoisotopic (exact) mass is 281 g/mol. The number of nitrogens with zero attached hydrogens (tertiary/aromatic N) is 2. The Hall–Kier alpha value is -2.20. The van der Waals surface area contributed by atoms with Gasteiger partial charge in [-0.25, -0.2) is 9.97 Å². The number of hydrogen-bond donors (Lipinski definition) is 1. The smallest absolute Gasteiger partial charge is 0.163 e. The van der Waals surface area contributed by atoms with Crippen LogP contribution in [0.1, 0.15) is 19.4 Å². The number of furan rings is 1. The number of fused-ring (bicyclic) bond motifs is 1. The van der Waals surface area contributed by atoms with Gasteiger partial charge in [0.2, 0.25) is 0 Å². The SMILES string of the molecule is CC(C)CNCc1cnc(-c2coc3ccccc23)nc1. The van der Waals surface area contributed by atoms with E-state index in [0.29, 0.717) is 11.7 Å². The summed E-state index contributed by atoms with van der Waals surface area (Å²) in [5.41, 5.74) is 2.89. The van der Waals surface area contributed by atoms with Gasteiger partial charge >= 0.3 is 0 Å². The van der Waals surface area contributed by atoms with E-state index in [1.54, 1.807) is 6.26 Å². The summed E-state index contributed by atoms with van der Waals surface area (Å²) in [6, 6.07) is 7.92. The van der Waals surface area contributed by atoms with Gasteiger partial charge in [0.25, 0.3) is 0 Å². The van der Waals surface area contributed by atoms with E-state index in [1.807, 2.05) is 36.7 Å². The van der Waals surface area contributed by atoms with Gasteiger partial charge in [-0.2, -0.15) is 0 Å². The molecule has 0 fully saturated rings. The van der Waals surface area contributed by atoms with Crippen molar-refractivity contribution < 1.29 is 4.42 Å². The van der Waals surface area contributed by atoms with Gasteiger partial charge in [-0.3, -0.25) is 0 Å². The third kappa shape index (κ3) is 3.11. The second kappa shape index (κ2) is 6.06. The third-order valence-corrected chi connectivity index (χ3v) is 3.31. The molecule has 4 heteroatoms. The largest absolute Gasteiger partial charge is 0.464 e. The van der Waals surface area contributed by atoms with E-state index < -0.39 is 0 Å². The third-order valence-electron chi connectivity index (χ3n) is 3.31. The zero-order chi connectivity index (χ0) is 14.7. The molecular formula is C17H19N3O. The zero-order valence-electron chi connectivity index (χ0n) is 12.3. The Balaban J connectivity index is 1.78. The number of rotatable bonds is 5. The van der Waals surface area contributed by atoms with Crippen LogP contribution in [0.25, 0.3) is 22.4 Å². The Labute approximate surface area is 124 Å². The Kier molecular flexibility index (Phi) is 3.97. The average Bonchev–Trinajstić information content (AvgIpc) is 2.92. The number of hydrogen-bond acceptors (Lipinski definition) is 4. The molecule has 2 aromatic heterocycles. The first-order valence-electron chi connectivity index (χ1n) is 7.22. The highest BCUT2D eigenvalue weighted by molar-refractivity contribution is 5.91. The second-order valence-corrected chi connectivity index (χ2v) is 5.59. The Bertz CT molecular complexity index is 716. The summed E-state index contributed by atoms with van der Waals surface area (Å²) in [4.78, 5) is 8.92. The van der Waals surface area contributed by atoms with Crippen molar-refractivity contribution in [3.8, 4) is 11.4 Å². The van der Waals surface area contributed by atoms with Gasteiger partial charge in [-0.05, 0) is 18.5 Å². The van der Waals surface area contributed by atoms with Gasteiger partial charge in [-0.1, -0.05) is 32.0 Å². The molecule has 0 radical (unpaired) electrons. The lowest BCUT2D eigenvalue weighted by atomic mass is 10.1. The molecule has 1 N–H and O–H groups in total.